The minimum absolute atomic E-state index is 0.00923. The Morgan fingerprint density at radius 3 is 3.00 bits per heavy atom. The number of H-pyrrole nitrogens is 1. The number of aromatic nitrogens is 4. The van der Waals surface area contributed by atoms with Gasteiger partial charge in [-0.1, -0.05) is 0 Å². The summed E-state index contributed by atoms with van der Waals surface area (Å²) in [7, 11) is 0. The van der Waals surface area contributed by atoms with Crippen LogP contribution in [0.4, 0.5) is 16.0 Å². The van der Waals surface area contributed by atoms with Crippen molar-refractivity contribution in [3.63, 3.8) is 0 Å². The Hall–Kier alpha value is -2.51. The van der Waals surface area contributed by atoms with Gasteiger partial charge in [0.1, 0.15) is 0 Å². The Bertz CT molecular complexity index is 525. The van der Waals surface area contributed by atoms with Crippen LogP contribution in [-0.2, 0) is 0 Å². The molecule has 8 heteroatoms. The third-order valence-electron chi connectivity index (χ3n) is 1.74. The zero-order valence-electron chi connectivity index (χ0n) is 7.94. The molecule has 4 N–H and O–H groups in total. The van der Waals surface area contributed by atoms with Gasteiger partial charge in [-0.3, -0.25) is 14.9 Å². The van der Waals surface area contributed by atoms with E-state index in [9.17, 15) is 9.18 Å². The molecule has 0 saturated carbocycles. The fraction of sp³-hybridized carbons (Fsp3) is 0. The molecule has 2 rings (SSSR count). The number of carbonyl (C=O) groups is 1. The molecule has 2 aromatic heterocycles. The number of pyridine rings is 1. The SMILES string of the molecule is Nc1n[nH]c(C(=O)Nc2ccncc2F)n1. The number of aromatic amines is 1. The lowest BCUT2D eigenvalue weighted by Crippen LogP contribution is -2.14. The highest BCUT2D eigenvalue weighted by atomic mass is 19.1. The van der Waals surface area contributed by atoms with E-state index in [1.807, 2.05) is 0 Å². The molecule has 1 amide bonds. The van der Waals surface area contributed by atoms with Crippen LogP contribution in [0.15, 0.2) is 18.5 Å². The molecule has 0 fully saturated rings. The van der Waals surface area contributed by atoms with Gasteiger partial charge in [-0.25, -0.2) is 4.39 Å². The van der Waals surface area contributed by atoms with Crippen LogP contribution in [0.3, 0.4) is 0 Å². The molecule has 2 aromatic rings. The summed E-state index contributed by atoms with van der Waals surface area (Å²) in [5.74, 6) is -1.41. The summed E-state index contributed by atoms with van der Waals surface area (Å²) in [6.07, 6.45) is 2.35. The number of anilines is 2. The van der Waals surface area contributed by atoms with Crippen LogP contribution in [0.5, 0.6) is 0 Å². The summed E-state index contributed by atoms with van der Waals surface area (Å²) in [4.78, 5) is 18.6. The van der Waals surface area contributed by atoms with Crippen LogP contribution in [0.1, 0.15) is 10.6 Å². The topological polar surface area (TPSA) is 110 Å². The zero-order chi connectivity index (χ0) is 11.5. The van der Waals surface area contributed by atoms with Gasteiger partial charge in [0, 0.05) is 6.20 Å². The minimum atomic E-state index is -0.636. The van der Waals surface area contributed by atoms with E-state index < -0.39 is 11.7 Å². The van der Waals surface area contributed by atoms with Gasteiger partial charge in [-0.15, -0.1) is 5.10 Å². The molecule has 16 heavy (non-hydrogen) atoms. The fourth-order valence-electron chi connectivity index (χ4n) is 1.03. The molecule has 0 spiro atoms. The van der Waals surface area contributed by atoms with Crippen molar-refractivity contribution in [1.29, 1.82) is 0 Å². The van der Waals surface area contributed by atoms with Gasteiger partial charge < -0.3 is 11.1 Å². The van der Waals surface area contributed by atoms with E-state index in [4.69, 9.17) is 5.73 Å². The van der Waals surface area contributed by atoms with Gasteiger partial charge in [-0.05, 0) is 6.07 Å². The molecule has 0 saturated heterocycles. The number of nitrogens with one attached hydrogen (secondary N) is 2. The Kier molecular flexibility index (Phi) is 2.46. The maximum absolute atomic E-state index is 13.1. The average Bonchev–Trinajstić information content (AvgIpc) is 2.68. The second kappa shape index (κ2) is 3.93. The number of nitrogen functional groups attached to an aromatic ring is 1. The first-order valence-electron chi connectivity index (χ1n) is 4.25. The highest BCUT2D eigenvalue weighted by Crippen LogP contribution is 2.11. The predicted octanol–water partition coefficient (Wildman–Crippen LogP) is 0.173. The van der Waals surface area contributed by atoms with Crippen LogP contribution >= 0.6 is 0 Å². The van der Waals surface area contributed by atoms with Crippen LogP contribution in [0, 0.1) is 5.82 Å². The molecular weight excluding hydrogens is 215 g/mol. The molecule has 2 heterocycles. The maximum atomic E-state index is 13.1. The normalized spacial score (nSPS) is 10.1. The number of halogens is 1. The smallest absolute Gasteiger partial charge is 0.293 e. The minimum Gasteiger partial charge on any atom is -0.366 e. The number of nitrogens with two attached hydrogens (primary N) is 1. The van der Waals surface area contributed by atoms with Gasteiger partial charge in [0.2, 0.25) is 11.8 Å². The summed E-state index contributed by atoms with van der Waals surface area (Å²) < 4.78 is 13.1. The third-order valence-corrected chi connectivity index (χ3v) is 1.74. The van der Waals surface area contributed by atoms with E-state index in [-0.39, 0.29) is 17.5 Å². The molecule has 7 nitrogen and oxygen atoms in total. The number of hydrogen-bond donors (Lipinski definition) is 3. The highest BCUT2D eigenvalue weighted by molar-refractivity contribution is 6.01. The monoisotopic (exact) mass is 222 g/mol. The number of rotatable bonds is 2. The lowest BCUT2D eigenvalue weighted by Gasteiger charge is -2.02. The number of hydrogen-bond acceptors (Lipinski definition) is 5. The molecule has 0 unspecified atom stereocenters. The molecule has 0 aliphatic heterocycles. The van der Waals surface area contributed by atoms with Gasteiger partial charge in [-0.2, -0.15) is 4.98 Å². The van der Waals surface area contributed by atoms with Crippen LogP contribution in [0.2, 0.25) is 0 Å². The Morgan fingerprint density at radius 1 is 1.56 bits per heavy atom. The molecule has 0 radical (unpaired) electrons. The summed E-state index contributed by atoms with van der Waals surface area (Å²) in [6, 6.07) is 1.33. The first-order valence-corrected chi connectivity index (χ1v) is 4.25. The zero-order valence-corrected chi connectivity index (χ0v) is 7.94. The fourth-order valence-corrected chi connectivity index (χ4v) is 1.03. The number of carbonyl (C=O) groups excluding carboxylic acids is 1. The van der Waals surface area contributed by atoms with Crippen molar-refractivity contribution in [3.8, 4) is 0 Å². The quantitative estimate of drug-likeness (QED) is 0.671. The van der Waals surface area contributed by atoms with E-state index in [1.54, 1.807) is 0 Å². The molecule has 0 bridgehead atoms. The molecule has 0 aromatic carbocycles. The van der Waals surface area contributed by atoms with Gasteiger partial charge in [0.25, 0.3) is 5.91 Å². The van der Waals surface area contributed by atoms with Crippen molar-refractivity contribution in [2.24, 2.45) is 0 Å². The molecule has 0 aliphatic rings. The largest absolute Gasteiger partial charge is 0.366 e. The number of nitrogens with zero attached hydrogens (tertiary/aromatic N) is 3. The maximum Gasteiger partial charge on any atom is 0.293 e. The number of amides is 1. The summed E-state index contributed by atoms with van der Waals surface area (Å²) in [5, 5.41) is 8.08. The average molecular weight is 222 g/mol. The van der Waals surface area contributed by atoms with Crippen molar-refractivity contribution in [1.82, 2.24) is 20.2 Å². The van der Waals surface area contributed by atoms with E-state index in [0.29, 0.717) is 0 Å². The van der Waals surface area contributed by atoms with Crippen molar-refractivity contribution in [3.05, 3.63) is 30.1 Å². The molecular formula is C8H7FN6O. The molecule has 0 atom stereocenters. The Morgan fingerprint density at radius 2 is 2.38 bits per heavy atom. The van der Waals surface area contributed by atoms with E-state index in [0.717, 1.165) is 6.20 Å². The van der Waals surface area contributed by atoms with E-state index in [2.05, 4.69) is 25.5 Å². The lowest BCUT2D eigenvalue weighted by molar-refractivity contribution is 0.101. The first kappa shape index (κ1) is 10.0. The summed E-state index contributed by atoms with van der Waals surface area (Å²) >= 11 is 0. The van der Waals surface area contributed by atoms with E-state index >= 15 is 0 Å². The second-order valence-electron chi connectivity index (χ2n) is 2.85. The van der Waals surface area contributed by atoms with Gasteiger partial charge in [0.05, 0.1) is 11.9 Å². The van der Waals surface area contributed by atoms with Crippen molar-refractivity contribution in [2.75, 3.05) is 11.1 Å². The third kappa shape index (κ3) is 1.95. The Balaban J connectivity index is 2.17. The summed E-state index contributed by atoms with van der Waals surface area (Å²) in [5.41, 5.74) is 5.23. The van der Waals surface area contributed by atoms with Crippen LogP contribution in [-0.4, -0.2) is 26.1 Å². The van der Waals surface area contributed by atoms with E-state index in [1.165, 1.54) is 12.3 Å². The first-order chi connectivity index (χ1) is 7.66. The van der Waals surface area contributed by atoms with Crippen molar-refractivity contribution >= 4 is 17.5 Å². The van der Waals surface area contributed by atoms with Gasteiger partial charge in [0.15, 0.2) is 5.82 Å². The second-order valence-corrected chi connectivity index (χ2v) is 2.85. The van der Waals surface area contributed by atoms with Crippen LogP contribution < -0.4 is 11.1 Å². The molecule has 0 aliphatic carbocycles. The van der Waals surface area contributed by atoms with Crippen LogP contribution in [0.25, 0.3) is 0 Å². The highest BCUT2D eigenvalue weighted by Gasteiger charge is 2.12. The molecule has 82 valence electrons. The lowest BCUT2D eigenvalue weighted by atomic mass is 10.4. The Labute approximate surface area is 88.9 Å². The summed E-state index contributed by atoms with van der Waals surface area (Å²) in [6.45, 7) is 0. The standard InChI is InChI=1S/C8H7FN6O/c9-4-3-11-2-1-5(4)12-7(16)6-13-8(10)15-14-6/h1-3H,(H,11,12,16)(H3,10,13,14,15). The van der Waals surface area contributed by atoms with Crippen molar-refractivity contribution in [2.45, 2.75) is 0 Å². The van der Waals surface area contributed by atoms with Crippen molar-refractivity contribution < 1.29 is 9.18 Å². The van der Waals surface area contributed by atoms with Gasteiger partial charge >= 0.3 is 0 Å². The predicted molar refractivity (Wildman–Crippen MR) is 52.9 cm³/mol.